The molecule has 2 amide bonds. The Bertz CT molecular complexity index is 1720. The third-order valence-corrected chi connectivity index (χ3v) is 10.2. The lowest BCUT2D eigenvalue weighted by Gasteiger charge is -2.34. The molecule has 4 aromatic rings. The molecule has 4 rings (SSSR count). The maximum atomic E-state index is 14.6. The van der Waals surface area contributed by atoms with E-state index in [4.69, 9.17) is 34.8 Å². The summed E-state index contributed by atoms with van der Waals surface area (Å²) in [6.07, 6.45) is 1.81. The molecule has 0 bridgehead atoms. The van der Waals surface area contributed by atoms with Gasteiger partial charge in [0.25, 0.3) is 10.0 Å². The third kappa shape index (κ3) is 9.04. The van der Waals surface area contributed by atoms with E-state index in [0.29, 0.717) is 27.2 Å². The number of anilines is 1. The van der Waals surface area contributed by atoms with Crippen molar-refractivity contribution >= 4 is 62.3 Å². The molecule has 0 spiro atoms. The Morgan fingerprint density at radius 3 is 2.07 bits per heavy atom. The van der Waals surface area contributed by atoms with Crippen molar-refractivity contribution in [1.82, 2.24) is 10.2 Å². The van der Waals surface area contributed by atoms with Gasteiger partial charge in [0.2, 0.25) is 11.8 Å². The van der Waals surface area contributed by atoms with Crippen LogP contribution in [0.2, 0.25) is 15.1 Å². The second kappa shape index (κ2) is 16.3. The van der Waals surface area contributed by atoms with Crippen molar-refractivity contribution in [3.05, 3.63) is 129 Å². The molecule has 0 unspecified atom stereocenters. The molecule has 11 heteroatoms. The van der Waals surface area contributed by atoms with Gasteiger partial charge in [0, 0.05) is 40.1 Å². The topological polar surface area (TPSA) is 86.8 Å². The van der Waals surface area contributed by atoms with Gasteiger partial charge < -0.3 is 10.2 Å². The molecular weight excluding hydrogens is 665 g/mol. The normalized spacial score (nSPS) is 11.9. The van der Waals surface area contributed by atoms with Gasteiger partial charge in [0.05, 0.1) is 10.6 Å². The Hall–Kier alpha value is -3.56. The zero-order valence-corrected chi connectivity index (χ0v) is 28.7. The Labute approximate surface area is 286 Å². The molecule has 0 radical (unpaired) electrons. The van der Waals surface area contributed by atoms with Crippen LogP contribution in [0.25, 0.3) is 0 Å². The summed E-state index contributed by atoms with van der Waals surface area (Å²) in [7, 11) is -4.25. The van der Waals surface area contributed by atoms with Crippen LogP contribution in [0, 0.1) is 6.92 Å². The van der Waals surface area contributed by atoms with Crippen LogP contribution >= 0.6 is 34.8 Å². The summed E-state index contributed by atoms with van der Waals surface area (Å²) in [6.45, 7) is 3.61. The first-order valence-corrected chi connectivity index (χ1v) is 17.5. The number of benzene rings is 4. The molecule has 0 aliphatic rings. The second-order valence-corrected chi connectivity index (χ2v) is 14.0. The van der Waals surface area contributed by atoms with Crippen LogP contribution in [0.4, 0.5) is 5.69 Å². The molecule has 0 saturated carbocycles. The summed E-state index contributed by atoms with van der Waals surface area (Å²) in [5.41, 5.74) is 2.48. The van der Waals surface area contributed by atoms with E-state index in [0.717, 1.165) is 28.3 Å². The van der Waals surface area contributed by atoms with Crippen LogP contribution in [0.1, 0.15) is 36.5 Å². The first-order chi connectivity index (χ1) is 22.0. The van der Waals surface area contributed by atoms with E-state index in [9.17, 15) is 18.0 Å². The van der Waals surface area contributed by atoms with Gasteiger partial charge in [-0.05, 0) is 67.4 Å². The van der Waals surface area contributed by atoms with Crippen LogP contribution in [-0.2, 0) is 32.6 Å². The molecule has 0 heterocycles. The van der Waals surface area contributed by atoms with Gasteiger partial charge in [-0.3, -0.25) is 13.9 Å². The minimum absolute atomic E-state index is 0.0379. The summed E-state index contributed by atoms with van der Waals surface area (Å²) >= 11 is 19.2. The molecule has 4 aromatic carbocycles. The molecule has 46 heavy (non-hydrogen) atoms. The average Bonchev–Trinajstić information content (AvgIpc) is 3.04. The summed E-state index contributed by atoms with van der Waals surface area (Å²) in [4.78, 5) is 29.7. The maximum absolute atomic E-state index is 14.6. The first-order valence-electron chi connectivity index (χ1n) is 14.9. The van der Waals surface area contributed by atoms with Gasteiger partial charge in [0.1, 0.15) is 12.6 Å². The van der Waals surface area contributed by atoms with Gasteiger partial charge in [0.15, 0.2) is 0 Å². The fraction of sp³-hybridized carbons (Fsp3) is 0.257. The number of rotatable bonds is 14. The van der Waals surface area contributed by atoms with E-state index in [1.807, 2.05) is 44.2 Å². The number of nitrogens with zero attached hydrogens (tertiary/aromatic N) is 2. The number of hydrogen-bond acceptors (Lipinski definition) is 4. The molecule has 0 aliphatic carbocycles. The number of aryl methyl sites for hydroxylation is 1. The highest BCUT2D eigenvalue weighted by atomic mass is 35.5. The lowest BCUT2D eigenvalue weighted by molar-refractivity contribution is -0.140. The Morgan fingerprint density at radius 2 is 1.46 bits per heavy atom. The van der Waals surface area contributed by atoms with Gasteiger partial charge in [-0.2, -0.15) is 0 Å². The second-order valence-electron chi connectivity index (χ2n) is 10.9. The Morgan fingerprint density at radius 1 is 0.826 bits per heavy atom. The van der Waals surface area contributed by atoms with Crippen molar-refractivity contribution in [2.45, 2.75) is 50.6 Å². The molecule has 1 atom stereocenters. The summed E-state index contributed by atoms with van der Waals surface area (Å²) in [5.74, 6) is -0.975. The highest BCUT2D eigenvalue weighted by Gasteiger charge is 2.35. The number of amides is 2. The number of sulfonamides is 1. The number of unbranched alkanes of at least 4 members (excludes halogenated alkanes) is 1. The fourth-order valence-corrected chi connectivity index (χ4v) is 6.94. The third-order valence-electron chi connectivity index (χ3n) is 7.49. The molecule has 242 valence electrons. The van der Waals surface area contributed by atoms with Crippen molar-refractivity contribution in [1.29, 1.82) is 0 Å². The maximum Gasteiger partial charge on any atom is 0.264 e. The van der Waals surface area contributed by atoms with Crippen molar-refractivity contribution in [2.75, 3.05) is 17.4 Å². The molecule has 0 aromatic heterocycles. The minimum atomic E-state index is -4.25. The summed E-state index contributed by atoms with van der Waals surface area (Å²) in [5, 5.41) is 3.97. The molecular formula is C35H36Cl3N3O4S. The Kier molecular flexibility index (Phi) is 12.5. The molecule has 0 saturated heterocycles. The van der Waals surface area contributed by atoms with Crippen molar-refractivity contribution < 1.29 is 18.0 Å². The van der Waals surface area contributed by atoms with E-state index in [1.165, 1.54) is 29.2 Å². The van der Waals surface area contributed by atoms with Crippen molar-refractivity contribution in [3.63, 3.8) is 0 Å². The van der Waals surface area contributed by atoms with Crippen molar-refractivity contribution in [3.8, 4) is 0 Å². The molecule has 0 fully saturated rings. The van der Waals surface area contributed by atoms with Gasteiger partial charge in [-0.1, -0.05) is 102 Å². The number of nitrogens with one attached hydrogen (secondary N) is 1. The largest absolute Gasteiger partial charge is 0.354 e. The number of carbonyl (C=O) groups is 2. The first kappa shape index (κ1) is 35.3. The quantitative estimate of drug-likeness (QED) is 0.137. The standard InChI is InChI=1S/C35H36Cl3N3O4S/c1-3-4-21-39-35(43)33(22-26-9-6-5-7-10-26)40(23-30-31(37)11-8-12-32(30)38)34(42)24-41(28-17-13-25(2)14-18-28)46(44,45)29-19-15-27(36)16-20-29/h5-20,33H,3-4,21-24H2,1-2H3,(H,39,43)/t33-/m0/s1. The van der Waals surface area contributed by atoms with E-state index in [-0.39, 0.29) is 29.5 Å². The van der Waals surface area contributed by atoms with Crippen LogP contribution in [0.3, 0.4) is 0 Å². The summed E-state index contributed by atoms with van der Waals surface area (Å²) < 4.78 is 29.3. The molecule has 0 aliphatic heterocycles. The van der Waals surface area contributed by atoms with E-state index < -0.39 is 28.5 Å². The van der Waals surface area contributed by atoms with Gasteiger partial charge >= 0.3 is 0 Å². The predicted octanol–water partition coefficient (Wildman–Crippen LogP) is 7.71. The lowest BCUT2D eigenvalue weighted by atomic mass is 10.0. The van der Waals surface area contributed by atoms with Crippen LogP contribution in [0.15, 0.2) is 102 Å². The van der Waals surface area contributed by atoms with E-state index in [1.54, 1.807) is 42.5 Å². The average molecular weight is 701 g/mol. The predicted molar refractivity (Wildman–Crippen MR) is 186 cm³/mol. The molecule has 7 nitrogen and oxygen atoms in total. The smallest absolute Gasteiger partial charge is 0.264 e. The van der Waals surface area contributed by atoms with Gasteiger partial charge in [-0.15, -0.1) is 0 Å². The summed E-state index contributed by atoms with van der Waals surface area (Å²) in [6, 6.07) is 25.9. The SMILES string of the molecule is CCCCNC(=O)[C@H](Cc1ccccc1)N(Cc1c(Cl)cccc1Cl)C(=O)CN(c1ccc(C)cc1)S(=O)(=O)c1ccc(Cl)cc1. The van der Waals surface area contributed by atoms with Gasteiger partial charge in [-0.25, -0.2) is 8.42 Å². The van der Waals surface area contributed by atoms with Crippen LogP contribution < -0.4 is 9.62 Å². The fourth-order valence-electron chi connectivity index (χ4n) is 4.89. The Balaban J connectivity index is 1.82. The van der Waals surface area contributed by atoms with Crippen LogP contribution in [-0.4, -0.2) is 44.3 Å². The van der Waals surface area contributed by atoms with E-state index >= 15 is 0 Å². The zero-order valence-electron chi connectivity index (χ0n) is 25.6. The van der Waals surface area contributed by atoms with Crippen LogP contribution in [0.5, 0.6) is 0 Å². The lowest BCUT2D eigenvalue weighted by Crippen LogP contribution is -2.53. The highest BCUT2D eigenvalue weighted by Crippen LogP contribution is 2.29. The zero-order chi connectivity index (χ0) is 33.3. The number of carbonyl (C=O) groups excluding carboxylic acids is 2. The van der Waals surface area contributed by atoms with E-state index in [2.05, 4.69) is 5.32 Å². The highest BCUT2D eigenvalue weighted by molar-refractivity contribution is 7.92. The monoisotopic (exact) mass is 699 g/mol. The van der Waals surface area contributed by atoms with Crippen molar-refractivity contribution in [2.24, 2.45) is 0 Å². The number of hydrogen-bond donors (Lipinski definition) is 1. The number of halogens is 3. The molecule has 1 N–H and O–H groups in total. The minimum Gasteiger partial charge on any atom is -0.354 e.